The van der Waals surface area contributed by atoms with Crippen molar-refractivity contribution in [2.24, 2.45) is 4.99 Å². The van der Waals surface area contributed by atoms with E-state index in [0.29, 0.717) is 5.56 Å². The Bertz CT molecular complexity index is 2440. The maximum atomic E-state index is 9.49. The number of anilines is 2. The van der Waals surface area contributed by atoms with Crippen LogP contribution in [0, 0.1) is 11.3 Å². The molecule has 0 fully saturated rings. The van der Waals surface area contributed by atoms with Gasteiger partial charge in [0.15, 0.2) is 0 Å². The molecule has 0 aliphatic carbocycles. The number of benzene rings is 7. The van der Waals surface area contributed by atoms with Crippen LogP contribution in [0.1, 0.15) is 16.7 Å². The lowest BCUT2D eigenvalue weighted by molar-refractivity contribution is 0.802. The van der Waals surface area contributed by atoms with Crippen molar-refractivity contribution in [2.75, 3.05) is 10.2 Å². The average Bonchev–Trinajstić information content (AvgIpc) is 3.53. The van der Waals surface area contributed by atoms with Gasteiger partial charge in [-0.25, -0.2) is 4.99 Å². The van der Waals surface area contributed by atoms with Crippen LogP contribution in [0.2, 0.25) is 0 Å². The van der Waals surface area contributed by atoms with Crippen molar-refractivity contribution in [3.63, 3.8) is 0 Å². The highest BCUT2D eigenvalue weighted by Gasteiger charge is 2.37. The summed E-state index contributed by atoms with van der Waals surface area (Å²) in [5.74, 6) is 0. The third-order valence-electron chi connectivity index (χ3n) is 9.23. The Hall–Kier alpha value is -6.44. The van der Waals surface area contributed by atoms with Gasteiger partial charge in [0.25, 0.3) is 0 Å². The highest BCUT2D eigenvalue weighted by molar-refractivity contribution is 6.18. The van der Waals surface area contributed by atoms with Gasteiger partial charge in [0.05, 0.1) is 34.4 Å². The van der Waals surface area contributed by atoms with Crippen molar-refractivity contribution in [1.29, 1.82) is 5.26 Å². The Kier molecular flexibility index (Phi) is 6.23. The third kappa shape index (κ3) is 4.48. The number of fused-ring (bicyclic) bond motifs is 6. The molecule has 2 aliphatic rings. The molecule has 1 atom stereocenters. The van der Waals surface area contributed by atoms with E-state index in [9.17, 15) is 5.26 Å². The quantitative estimate of drug-likeness (QED) is 0.205. The van der Waals surface area contributed by atoms with E-state index in [2.05, 4.69) is 144 Å². The van der Waals surface area contributed by atoms with Crippen molar-refractivity contribution in [3.8, 4) is 28.3 Å². The molecule has 2 aliphatic heterocycles. The van der Waals surface area contributed by atoms with Crippen LogP contribution in [0.15, 0.2) is 163 Å². The van der Waals surface area contributed by atoms with Crippen LogP contribution >= 0.6 is 0 Å². The summed E-state index contributed by atoms with van der Waals surface area (Å²) in [6, 6.07) is 55.2. The molecule has 0 saturated heterocycles. The highest BCUT2D eigenvalue weighted by atomic mass is 15.4. The molecule has 4 nitrogen and oxygen atoms in total. The normalized spacial score (nSPS) is 15.0. The largest absolute Gasteiger partial charge is 0.344 e. The lowest BCUT2D eigenvalue weighted by Gasteiger charge is -2.31. The van der Waals surface area contributed by atoms with Crippen LogP contribution in [-0.2, 0) is 0 Å². The van der Waals surface area contributed by atoms with Crippen LogP contribution < -0.4 is 10.2 Å². The minimum atomic E-state index is -0.331. The number of nitrogens with one attached hydrogen (secondary N) is 1. The Balaban J connectivity index is 1.32. The van der Waals surface area contributed by atoms with Gasteiger partial charge in [0.1, 0.15) is 0 Å². The standard InChI is InChI=1S/C43H28N4/c44-27-28-19-21-29(22-20-28)33-24-38(37-23-32-15-7-8-16-34(32)35-17-9-10-18-36(35)37)42-41(25-33)47-40(31-13-5-2-6-14-31)26-39(45-43(47)46-42)30-11-3-1-4-12-30/h1-26,43,46H. The van der Waals surface area contributed by atoms with E-state index in [-0.39, 0.29) is 6.29 Å². The van der Waals surface area contributed by atoms with Crippen molar-refractivity contribution < 1.29 is 0 Å². The molecule has 0 radical (unpaired) electrons. The second-order valence-electron chi connectivity index (χ2n) is 12.0. The van der Waals surface area contributed by atoms with E-state index in [4.69, 9.17) is 4.99 Å². The number of hydrogen-bond acceptors (Lipinski definition) is 4. The van der Waals surface area contributed by atoms with Crippen molar-refractivity contribution in [1.82, 2.24) is 0 Å². The second kappa shape index (κ2) is 10.9. The summed E-state index contributed by atoms with van der Waals surface area (Å²) in [6.45, 7) is 0. The first kappa shape index (κ1) is 26.9. The summed E-state index contributed by atoms with van der Waals surface area (Å²) in [5, 5.41) is 18.2. The molecule has 0 spiro atoms. The van der Waals surface area contributed by atoms with Gasteiger partial charge in [-0.15, -0.1) is 0 Å². The lowest BCUT2D eigenvalue weighted by atomic mass is 9.90. The first-order chi connectivity index (χ1) is 23.2. The van der Waals surface area contributed by atoms with Gasteiger partial charge in [0, 0.05) is 5.56 Å². The molecule has 7 aromatic rings. The fourth-order valence-corrected chi connectivity index (χ4v) is 7.00. The van der Waals surface area contributed by atoms with E-state index in [0.717, 1.165) is 56.2 Å². The summed E-state index contributed by atoms with van der Waals surface area (Å²) >= 11 is 0. The van der Waals surface area contributed by atoms with E-state index in [1.165, 1.54) is 21.5 Å². The first-order valence-corrected chi connectivity index (χ1v) is 15.8. The summed E-state index contributed by atoms with van der Waals surface area (Å²) in [5.41, 5.74) is 11.4. The SMILES string of the molecule is N#Cc1ccc(-c2cc(-c3cc4ccccc4c4ccccc34)c3c(c2)N2C(c4ccccc4)=CC(c4ccccc4)=NC2N3)cc1. The summed E-state index contributed by atoms with van der Waals surface area (Å²) < 4.78 is 0. The van der Waals surface area contributed by atoms with Gasteiger partial charge in [-0.3, -0.25) is 4.90 Å². The molecular weight excluding hydrogens is 573 g/mol. The molecule has 1 N–H and O–H groups in total. The van der Waals surface area contributed by atoms with Gasteiger partial charge >= 0.3 is 0 Å². The zero-order chi connectivity index (χ0) is 31.3. The van der Waals surface area contributed by atoms with Gasteiger partial charge in [0.2, 0.25) is 6.29 Å². The molecule has 47 heavy (non-hydrogen) atoms. The highest BCUT2D eigenvalue weighted by Crippen LogP contribution is 2.51. The number of aliphatic imine (C=N–C) groups is 1. The van der Waals surface area contributed by atoms with Gasteiger partial charge < -0.3 is 5.32 Å². The molecule has 0 amide bonds. The molecule has 7 aromatic carbocycles. The van der Waals surface area contributed by atoms with Crippen molar-refractivity contribution in [3.05, 3.63) is 174 Å². The van der Waals surface area contributed by atoms with Gasteiger partial charge in [-0.1, -0.05) is 121 Å². The predicted molar refractivity (Wildman–Crippen MR) is 194 cm³/mol. The smallest absolute Gasteiger partial charge is 0.201 e. The minimum Gasteiger partial charge on any atom is -0.344 e. The molecule has 1 unspecified atom stereocenters. The maximum Gasteiger partial charge on any atom is 0.201 e. The van der Waals surface area contributed by atoms with E-state index >= 15 is 0 Å². The zero-order valence-corrected chi connectivity index (χ0v) is 25.4. The number of hydrogen-bond donors (Lipinski definition) is 1. The number of allylic oxidation sites excluding steroid dienone is 1. The number of nitrogens with zero attached hydrogens (tertiary/aromatic N) is 3. The Morgan fingerprint density at radius 3 is 1.98 bits per heavy atom. The molecule has 2 heterocycles. The molecular formula is C43H28N4. The second-order valence-corrected chi connectivity index (χ2v) is 12.0. The number of nitriles is 1. The lowest BCUT2D eigenvalue weighted by Crippen LogP contribution is -2.36. The molecule has 220 valence electrons. The van der Waals surface area contributed by atoms with E-state index in [1.807, 2.05) is 30.3 Å². The van der Waals surface area contributed by atoms with Crippen molar-refractivity contribution in [2.45, 2.75) is 6.29 Å². The summed E-state index contributed by atoms with van der Waals surface area (Å²) in [4.78, 5) is 7.63. The van der Waals surface area contributed by atoms with E-state index < -0.39 is 0 Å². The first-order valence-electron chi connectivity index (χ1n) is 15.8. The predicted octanol–water partition coefficient (Wildman–Crippen LogP) is 10.3. The fourth-order valence-electron chi connectivity index (χ4n) is 7.00. The third-order valence-corrected chi connectivity index (χ3v) is 9.23. The van der Waals surface area contributed by atoms with Crippen molar-refractivity contribution >= 4 is 44.3 Å². The van der Waals surface area contributed by atoms with Gasteiger partial charge in [-0.05, 0) is 85.8 Å². The Morgan fingerprint density at radius 1 is 0.574 bits per heavy atom. The fraction of sp³-hybridized carbons (Fsp3) is 0.0233. The molecule has 4 heteroatoms. The monoisotopic (exact) mass is 600 g/mol. The molecule has 0 bridgehead atoms. The van der Waals surface area contributed by atoms with E-state index in [1.54, 1.807) is 0 Å². The summed E-state index contributed by atoms with van der Waals surface area (Å²) in [7, 11) is 0. The molecule has 9 rings (SSSR count). The minimum absolute atomic E-state index is 0.331. The van der Waals surface area contributed by atoms with Crippen LogP contribution in [0.4, 0.5) is 11.4 Å². The van der Waals surface area contributed by atoms with Crippen LogP contribution in [0.3, 0.4) is 0 Å². The van der Waals surface area contributed by atoms with Crippen LogP contribution in [0.25, 0.3) is 49.5 Å². The zero-order valence-electron chi connectivity index (χ0n) is 25.4. The van der Waals surface area contributed by atoms with Crippen LogP contribution in [0.5, 0.6) is 0 Å². The van der Waals surface area contributed by atoms with Crippen LogP contribution in [-0.4, -0.2) is 12.0 Å². The molecule has 0 saturated carbocycles. The van der Waals surface area contributed by atoms with Gasteiger partial charge in [-0.2, -0.15) is 5.26 Å². The molecule has 0 aromatic heterocycles. The number of rotatable bonds is 4. The average molecular weight is 601 g/mol. The Morgan fingerprint density at radius 2 is 1.23 bits per heavy atom. The Labute approximate surface area is 273 Å². The topological polar surface area (TPSA) is 51.4 Å². The summed E-state index contributed by atoms with van der Waals surface area (Å²) in [6.07, 6.45) is 1.87. The maximum absolute atomic E-state index is 9.49.